The highest BCUT2D eigenvalue weighted by molar-refractivity contribution is 6.34. The molecule has 1 amide bonds. The molecule has 21 heavy (non-hydrogen) atoms. The highest BCUT2D eigenvalue weighted by atomic mass is 35.5. The van der Waals surface area contributed by atoms with E-state index >= 15 is 0 Å². The molecule has 0 aliphatic heterocycles. The number of aliphatic imine (C=N–C) groups is 2. The SMILES string of the molecule is CC(C)(C)C(=O)Nc1ccc(N=C(N)N=C(N)N)cc1Cl. The van der Waals surface area contributed by atoms with Gasteiger partial charge in [0.1, 0.15) is 0 Å². The molecule has 0 saturated heterocycles. The van der Waals surface area contributed by atoms with Crippen molar-refractivity contribution in [3.63, 3.8) is 0 Å². The molecule has 0 unspecified atom stereocenters. The molecule has 0 spiro atoms. The number of hydrogen-bond donors (Lipinski definition) is 4. The van der Waals surface area contributed by atoms with Crippen molar-refractivity contribution in [1.82, 2.24) is 0 Å². The number of nitrogens with two attached hydrogens (primary N) is 3. The third kappa shape index (κ3) is 5.31. The van der Waals surface area contributed by atoms with Gasteiger partial charge < -0.3 is 22.5 Å². The summed E-state index contributed by atoms with van der Waals surface area (Å²) in [5.74, 6) is -0.408. The summed E-state index contributed by atoms with van der Waals surface area (Å²) < 4.78 is 0. The maximum absolute atomic E-state index is 11.9. The number of carbonyl (C=O) groups excluding carboxylic acids is 1. The van der Waals surface area contributed by atoms with Crippen LogP contribution in [0.15, 0.2) is 28.2 Å². The molecule has 0 radical (unpaired) electrons. The maximum atomic E-state index is 11.9. The van der Waals surface area contributed by atoms with Crippen LogP contribution in [-0.2, 0) is 4.79 Å². The van der Waals surface area contributed by atoms with Crippen molar-refractivity contribution < 1.29 is 4.79 Å². The fraction of sp³-hybridized carbons (Fsp3) is 0.308. The second kappa shape index (κ2) is 6.45. The van der Waals surface area contributed by atoms with Crippen LogP contribution in [0.25, 0.3) is 0 Å². The largest absolute Gasteiger partial charge is 0.370 e. The Morgan fingerprint density at radius 3 is 2.33 bits per heavy atom. The van der Waals surface area contributed by atoms with Crippen LogP contribution in [0, 0.1) is 5.41 Å². The van der Waals surface area contributed by atoms with Gasteiger partial charge in [0, 0.05) is 5.41 Å². The Labute approximate surface area is 128 Å². The van der Waals surface area contributed by atoms with Crippen LogP contribution in [0.4, 0.5) is 11.4 Å². The van der Waals surface area contributed by atoms with E-state index in [0.29, 0.717) is 16.4 Å². The fourth-order valence-electron chi connectivity index (χ4n) is 1.27. The molecule has 8 heteroatoms. The molecule has 0 atom stereocenters. The van der Waals surface area contributed by atoms with Crippen LogP contribution in [0.2, 0.25) is 5.02 Å². The van der Waals surface area contributed by atoms with Gasteiger partial charge in [0.05, 0.1) is 16.4 Å². The van der Waals surface area contributed by atoms with E-state index in [2.05, 4.69) is 15.3 Å². The lowest BCUT2D eigenvalue weighted by Crippen LogP contribution is -2.27. The number of anilines is 1. The summed E-state index contributed by atoms with van der Waals surface area (Å²) in [5, 5.41) is 3.08. The second-order valence-electron chi connectivity index (χ2n) is 5.37. The molecule has 0 saturated carbocycles. The van der Waals surface area contributed by atoms with Crippen molar-refractivity contribution in [3.8, 4) is 0 Å². The number of guanidine groups is 2. The van der Waals surface area contributed by atoms with Crippen LogP contribution in [0.5, 0.6) is 0 Å². The Kier molecular flexibility index (Phi) is 5.15. The fourth-order valence-corrected chi connectivity index (χ4v) is 1.50. The van der Waals surface area contributed by atoms with Gasteiger partial charge in [-0.25, -0.2) is 4.99 Å². The zero-order valence-corrected chi connectivity index (χ0v) is 12.9. The van der Waals surface area contributed by atoms with Crippen molar-refractivity contribution in [1.29, 1.82) is 0 Å². The number of nitrogens with one attached hydrogen (secondary N) is 1. The van der Waals surface area contributed by atoms with Crippen molar-refractivity contribution in [2.75, 3.05) is 5.32 Å². The lowest BCUT2D eigenvalue weighted by Gasteiger charge is -2.18. The monoisotopic (exact) mass is 310 g/mol. The van der Waals surface area contributed by atoms with E-state index in [1.165, 1.54) is 0 Å². The predicted octanol–water partition coefficient (Wildman–Crippen LogP) is 1.54. The third-order valence-electron chi connectivity index (χ3n) is 2.37. The molecule has 1 aromatic carbocycles. The molecular formula is C13H19ClN6O. The number of hydrogen-bond acceptors (Lipinski definition) is 2. The predicted molar refractivity (Wildman–Crippen MR) is 86.6 cm³/mol. The van der Waals surface area contributed by atoms with Gasteiger partial charge in [-0.05, 0) is 18.2 Å². The Morgan fingerprint density at radius 1 is 1.24 bits per heavy atom. The first-order valence-corrected chi connectivity index (χ1v) is 6.52. The van der Waals surface area contributed by atoms with E-state index in [-0.39, 0.29) is 17.8 Å². The summed E-state index contributed by atoms with van der Waals surface area (Å²) in [6.45, 7) is 5.43. The molecule has 114 valence electrons. The van der Waals surface area contributed by atoms with Crippen molar-refractivity contribution in [3.05, 3.63) is 23.2 Å². The van der Waals surface area contributed by atoms with Crippen molar-refractivity contribution >= 4 is 40.8 Å². The highest BCUT2D eigenvalue weighted by Gasteiger charge is 2.21. The molecule has 7 nitrogen and oxygen atoms in total. The molecule has 0 aliphatic carbocycles. The quantitative estimate of drug-likeness (QED) is 0.487. The summed E-state index contributed by atoms with van der Waals surface area (Å²) in [4.78, 5) is 19.5. The average Bonchev–Trinajstić information content (AvgIpc) is 2.30. The Bertz CT molecular complexity index is 599. The minimum Gasteiger partial charge on any atom is -0.370 e. The molecule has 0 aromatic heterocycles. The van der Waals surface area contributed by atoms with Gasteiger partial charge in [-0.2, -0.15) is 4.99 Å². The van der Waals surface area contributed by atoms with E-state index in [0.717, 1.165) is 0 Å². The zero-order valence-electron chi connectivity index (χ0n) is 12.1. The Balaban J connectivity index is 2.96. The minimum atomic E-state index is -0.516. The number of amides is 1. The normalized spacial score (nSPS) is 11.9. The van der Waals surface area contributed by atoms with Crippen LogP contribution in [0.1, 0.15) is 20.8 Å². The first kappa shape index (κ1) is 16.8. The smallest absolute Gasteiger partial charge is 0.229 e. The highest BCUT2D eigenvalue weighted by Crippen LogP contribution is 2.28. The molecule has 1 aromatic rings. The van der Waals surface area contributed by atoms with Crippen molar-refractivity contribution in [2.45, 2.75) is 20.8 Å². The summed E-state index contributed by atoms with van der Waals surface area (Å²) >= 11 is 6.10. The van der Waals surface area contributed by atoms with E-state index in [1.54, 1.807) is 18.2 Å². The number of carbonyl (C=O) groups is 1. The summed E-state index contributed by atoms with van der Waals surface area (Å²) in [6, 6.07) is 4.82. The summed E-state index contributed by atoms with van der Waals surface area (Å²) in [5.41, 5.74) is 16.4. The molecule has 0 heterocycles. The summed E-state index contributed by atoms with van der Waals surface area (Å²) in [7, 11) is 0. The van der Waals surface area contributed by atoms with Gasteiger partial charge in [-0.15, -0.1) is 0 Å². The lowest BCUT2D eigenvalue weighted by atomic mass is 9.95. The number of nitrogens with zero attached hydrogens (tertiary/aromatic N) is 2. The van der Waals surface area contributed by atoms with E-state index in [9.17, 15) is 4.79 Å². The molecule has 0 bridgehead atoms. The number of rotatable bonds is 2. The molecule has 0 aliphatic rings. The van der Waals surface area contributed by atoms with Gasteiger partial charge in [0.2, 0.25) is 11.9 Å². The first-order valence-electron chi connectivity index (χ1n) is 6.14. The van der Waals surface area contributed by atoms with Crippen LogP contribution >= 0.6 is 11.6 Å². The van der Waals surface area contributed by atoms with E-state index in [4.69, 9.17) is 28.8 Å². The van der Waals surface area contributed by atoms with E-state index < -0.39 is 5.41 Å². The van der Waals surface area contributed by atoms with Gasteiger partial charge in [-0.3, -0.25) is 4.79 Å². The standard InChI is InChI=1S/C13H19ClN6O/c1-13(2,3)10(21)19-9-5-4-7(6-8(9)14)18-12(17)20-11(15)16/h4-6H,1-3H3,(H,19,21)(H6,15,16,17,18,20). The van der Waals surface area contributed by atoms with Gasteiger partial charge in [0.25, 0.3) is 0 Å². The molecule has 7 N–H and O–H groups in total. The zero-order chi connectivity index (χ0) is 16.2. The van der Waals surface area contributed by atoms with Crippen LogP contribution in [0.3, 0.4) is 0 Å². The Morgan fingerprint density at radius 2 is 1.86 bits per heavy atom. The number of halogens is 1. The average molecular weight is 311 g/mol. The molecular weight excluding hydrogens is 292 g/mol. The first-order chi connectivity index (χ1) is 9.59. The molecule has 0 fully saturated rings. The van der Waals surface area contributed by atoms with Crippen LogP contribution in [-0.4, -0.2) is 17.8 Å². The maximum Gasteiger partial charge on any atom is 0.229 e. The van der Waals surface area contributed by atoms with Crippen molar-refractivity contribution in [2.24, 2.45) is 32.6 Å². The lowest BCUT2D eigenvalue weighted by molar-refractivity contribution is -0.123. The second-order valence-corrected chi connectivity index (χ2v) is 5.78. The Hall–Kier alpha value is -2.28. The third-order valence-corrected chi connectivity index (χ3v) is 2.68. The summed E-state index contributed by atoms with van der Waals surface area (Å²) in [6.07, 6.45) is 0. The minimum absolute atomic E-state index is 0.0856. The van der Waals surface area contributed by atoms with Gasteiger partial charge in [0.15, 0.2) is 5.96 Å². The topological polar surface area (TPSA) is 132 Å². The number of benzene rings is 1. The molecule has 1 rings (SSSR count). The van der Waals surface area contributed by atoms with Gasteiger partial charge >= 0.3 is 0 Å². The van der Waals surface area contributed by atoms with Crippen LogP contribution < -0.4 is 22.5 Å². The van der Waals surface area contributed by atoms with Gasteiger partial charge in [-0.1, -0.05) is 32.4 Å². The van der Waals surface area contributed by atoms with E-state index in [1.807, 2.05) is 20.8 Å².